The van der Waals surface area contributed by atoms with Crippen LogP contribution in [0.2, 0.25) is 0 Å². The van der Waals surface area contributed by atoms with Crippen LogP contribution >= 0.6 is 0 Å². The zero-order chi connectivity index (χ0) is 18.4. The minimum atomic E-state index is -0.00627. The van der Waals surface area contributed by atoms with Gasteiger partial charge in [0.1, 0.15) is 0 Å². The van der Waals surface area contributed by atoms with Crippen LogP contribution in [0.5, 0.6) is 0 Å². The Hall–Kier alpha value is -2.13. The Kier molecular flexibility index (Phi) is 6.77. The van der Waals surface area contributed by atoms with Crippen LogP contribution in [0.15, 0.2) is 42.5 Å². The zero-order valence-electron chi connectivity index (χ0n) is 16.0. The van der Waals surface area contributed by atoms with Crippen LogP contribution in [0, 0.1) is 19.8 Å². The molecule has 1 atom stereocenters. The van der Waals surface area contributed by atoms with Crippen molar-refractivity contribution in [1.82, 2.24) is 5.32 Å². The molecule has 0 radical (unpaired) electrons. The largest absolute Gasteiger partial charge is 0.324 e. The van der Waals surface area contributed by atoms with Gasteiger partial charge in [0, 0.05) is 11.7 Å². The summed E-state index contributed by atoms with van der Waals surface area (Å²) in [5.41, 5.74) is 5.65. The number of aryl methyl sites for hydroxylation is 3. The van der Waals surface area contributed by atoms with Crippen molar-refractivity contribution in [3.8, 4) is 0 Å². The van der Waals surface area contributed by atoms with Gasteiger partial charge in [-0.25, -0.2) is 0 Å². The summed E-state index contributed by atoms with van der Waals surface area (Å²) in [7, 11) is 0. The average Bonchev–Trinajstić information content (AvgIpc) is 2.59. The highest BCUT2D eigenvalue weighted by Crippen LogP contribution is 2.23. The van der Waals surface area contributed by atoms with Gasteiger partial charge in [0.2, 0.25) is 5.91 Å². The first kappa shape index (κ1) is 19.2. The van der Waals surface area contributed by atoms with Crippen LogP contribution < -0.4 is 10.6 Å². The highest BCUT2D eigenvalue weighted by molar-refractivity contribution is 5.93. The van der Waals surface area contributed by atoms with Gasteiger partial charge in [0.15, 0.2) is 0 Å². The molecule has 0 bridgehead atoms. The van der Waals surface area contributed by atoms with Gasteiger partial charge in [-0.2, -0.15) is 0 Å². The smallest absolute Gasteiger partial charge is 0.238 e. The van der Waals surface area contributed by atoms with E-state index >= 15 is 0 Å². The fraction of sp³-hybridized carbons (Fsp3) is 0.409. The molecular formula is C22H30N2O. The molecule has 0 aliphatic heterocycles. The first-order valence-electron chi connectivity index (χ1n) is 9.10. The molecule has 2 rings (SSSR count). The van der Waals surface area contributed by atoms with Crippen LogP contribution in [0.3, 0.4) is 0 Å². The first-order chi connectivity index (χ1) is 11.9. The van der Waals surface area contributed by atoms with Crippen molar-refractivity contribution < 1.29 is 4.79 Å². The Bertz CT molecular complexity index is 684. The second-order valence-corrected chi connectivity index (χ2v) is 7.01. The van der Waals surface area contributed by atoms with Crippen molar-refractivity contribution in [3.05, 3.63) is 64.7 Å². The number of amides is 1. The Labute approximate surface area is 151 Å². The maximum atomic E-state index is 12.4. The number of hydrogen-bond acceptors (Lipinski definition) is 2. The minimum absolute atomic E-state index is 0.00627. The lowest BCUT2D eigenvalue weighted by Gasteiger charge is -2.23. The van der Waals surface area contributed by atoms with Crippen molar-refractivity contribution in [3.63, 3.8) is 0 Å². The molecule has 0 heterocycles. The molecule has 0 saturated heterocycles. The number of hydrogen-bond donors (Lipinski definition) is 2. The quantitative estimate of drug-likeness (QED) is 0.762. The molecule has 0 spiro atoms. The molecule has 0 unspecified atom stereocenters. The normalized spacial score (nSPS) is 12.2. The molecule has 2 aromatic carbocycles. The van der Waals surface area contributed by atoms with E-state index in [-0.39, 0.29) is 11.9 Å². The van der Waals surface area contributed by atoms with E-state index in [1.165, 1.54) is 11.1 Å². The Balaban J connectivity index is 2.01. The fourth-order valence-electron chi connectivity index (χ4n) is 3.10. The van der Waals surface area contributed by atoms with E-state index in [1.54, 1.807) is 0 Å². The van der Waals surface area contributed by atoms with Gasteiger partial charge < -0.3 is 10.6 Å². The van der Waals surface area contributed by atoms with E-state index in [0.717, 1.165) is 23.2 Å². The standard InChI is InChI=1S/C22H30N2O/c1-6-18-10-12-19(13-11-18)21(15(2)3)23-14-20(25)24-22-16(4)8-7-9-17(22)5/h7-13,15,21,23H,6,14H2,1-5H3,(H,24,25)/t21-/m1/s1. The van der Waals surface area contributed by atoms with Crippen LogP contribution in [0.25, 0.3) is 0 Å². The highest BCUT2D eigenvalue weighted by atomic mass is 16.1. The lowest BCUT2D eigenvalue weighted by atomic mass is 9.95. The molecule has 0 aliphatic carbocycles. The molecule has 2 N–H and O–H groups in total. The molecule has 25 heavy (non-hydrogen) atoms. The van der Waals surface area contributed by atoms with E-state index in [9.17, 15) is 4.79 Å². The lowest BCUT2D eigenvalue weighted by Crippen LogP contribution is -2.34. The molecular weight excluding hydrogens is 308 g/mol. The van der Waals surface area contributed by atoms with Gasteiger partial charge in [-0.1, -0.05) is 63.2 Å². The van der Waals surface area contributed by atoms with Gasteiger partial charge in [-0.3, -0.25) is 4.79 Å². The molecule has 3 heteroatoms. The summed E-state index contributed by atoms with van der Waals surface area (Å²) in [5.74, 6) is 0.397. The van der Waals surface area contributed by atoms with Crippen molar-refractivity contribution in [1.29, 1.82) is 0 Å². The number of benzene rings is 2. The molecule has 0 aromatic heterocycles. The molecule has 134 valence electrons. The number of carbonyl (C=O) groups is 1. The Morgan fingerprint density at radius 3 is 2.12 bits per heavy atom. The van der Waals surface area contributed by atoms with Crippen molar-refractivity contribution in [2.45, 2.75) is 47.1 Å². The summed E-state index contributed by atoms with van der Waals surface area (Å²) in [4.78, 5) is 12.4. The summed E-state index contributed by atoms with van der Waals surface area (Å²) < 4.78 is 0. The number of anilines is 1. The van der Waals surface area contributed by atoms with Crippen molar-refractivity contribution in [2.75, 3.05) is 11.9 Å². The number of rotatable bonds is 7. The third-order valence-electron chi connectivity index (χ3n) is 4.64. The number of para-hydroxylation sites is 1. The minimum Gasteiger partial charge on any atom is -0.324 e. The van der Waals surface area contributed by atoms with E-state index in [0.29, 0.717) is 12.5 Å². The SMILES string of the molecule is CCc1ccc([C@H](NCC(=O)Nc2c(C)cccc2C)C(C)C)cc1. The molecule has 0 saturated carbocycles. The first-order valence-corrected chi connectivity index (χ1v) is 9.10. The van der Waals surface area contributed by atoms with Crippen LogP contribution in [-0.2, 0) is 11.2 Å². The maximum absolute atomic E-state index is 12.4. The Morgan fingerprint density at radius 2 is 1.60 bits per heavy atom. The van der Waals surface area contributed by atoms with Crippen LogP contribution in [0.4, 0.5) is 5.69 Å². The zero-order valence-corrected chi connectivity index (χ0v) is 16.0. The average molecular weight is 338 g/mol. The van der Waals surface area contributed by atoms with E-state index < -0.39 is 0 Å². The number of nitrogens with one attached hydrogen (secondary N) is 2. The van der Waals surface area contributed by atoms with Crippen molar-refractivity contribution >= 4 is 11.6 Å². The van der Waals surface area contributed by atoms with Gasteiger partial charge in [-0.05, 0) is 48.4 Å². The second kappa shape index (κ2) is 8.82. The van der Waals surface area contributed by atoms with Crippen LogP contribution in [-0.4, -0.2) is 12.5 Å². The van der Waals surface area contributed by atoms with Gasteiger partial charge >= 0.3 is 0 Å². The van der Waals surface area contributed by atoms with Crippen LogP contribution in [0.1, 0.15) is 49.1 Å². The maximum Gasteiger partial charge on any atom is 0.238 e. The van der Waals surface area contributed by atoms with E-state index in [4.69, 9.17) is 0 Å². The molecule has 2 aromatic rings. The second-order valence-electron chi connectivity index (χ2n) is 7.01. The summed E-state index contributed by atoms with van der Waals surface area (Å²) in [6.07, 6.45) is 1.04. The number of carbonyl (C=O) groups excluding carboxylic acids is 1. The molecule has 1 amide bonds. The molecule has 0 aliphatic rings. The van der Waals surface area contributed by atoms with E-state index in [1.807, 2.05) is 32.0 Å². The fourth-order valence-corrected chi connectivity index (χ4v) is 3.10. The molecule has 3 nitrogen and oxygen atoms in total. The third kappa shape index (κ3) is 5.17. The summed E-state index contributed by atoms with van der Waals surface area (Å²) in [6.45, 7) is 10.8. The van der Waals surface area contributed by atoms with Gasteiger partial charge in [0.05, 0.1) is 6.54 Å². The highest BCUT2D eigenvalue weighted by Gasteiger charge is 2.17. The predicted molar refractivity (Wildman–Crippen MR) is 106 cm³/mol. The third-order valence-corrected chi connectivity index (χ3v) is 4.64. The predicted octanol–water partition coefficient (Wildman–Crippen LogP) is 4.79. The molecule has 0 fully saturated rings. The Morgan fingerprint density at radius 1 is 1.00 bits per heavy atom. The van der Waals surface area contributed by atoms with Gasteiger partial charge in [0.25, 0.3) is 0 Å². The summed E-state index contributed by atoms with van der Waals surface area (Å²) >= 11 is 0. The summed E-state index contributed by atoms with van der Waals surface area (Å²) in [5, 5.41) is 6.46. The van der Waals surface area contributed by atoms with E-state index in [2.05, 4.69) is 55.7 Å². The lowest BCUT2D eigenvalue weighted by molar-refractivity contribution is -0.115. The summed E-state index contributed by atoms with van der Waals surface area (Å²) in [6, 6.07) is 14.9. The monoisotopic (exact) mass is 338 g/mol. The van der Waals surface area contributed by atoms with Crippen molar-refractivity contribution in [2.24, 2.45) is 5.92 Å². The topological polar surface area (TPSA) is 41.1 Å². The van der Waals surface area contributed by atoms with Gasteiger partial charge in [-0.15, -0.1) is 0 Å².